The summed E-state index contributed by atoms with van der Waals surface area (Å²) in [4.78, 5) is 0. The van der Waals surface area contributed by atoms with E-state index in [4.69, 9.17) is 9.26 Å². The van der Waals surface area contributed by atoms with Gasteiger partial charge in [0.2, 0.25) is 0 Å². The molecule has 16 heavy (non-hydrogen) atoms. The van der Waals surface area contributed by atoms with Gasteiger partial charge in [-0.25, -0.2) is 0 Å². The highest BCUT2D eigenvalue weighted by atomic mass is 16.5. The van der Waals surface area contributed by atoms with E-state index in [9.17, 15) is 0 Å². The molecule has 0 aliphatic carbocycles. The number of benzene rings is 1. The summed E-state index contributed by atoms with van der Waals surface area (Å²) in [5, 5.41) is 7.02. The summed E-state index contributed by atoms with van der Waals surface area (Å²) in [7, 11) is 3.52. The van der Waals surface area contributed by atoms with Gasteiger partial charge < -0.3 is 14.6 Å². The lowest BCUT2D eigenvalue weighted by molar-refractivity contribution is 0.379. The summed E-state index contributed by atoms with van der Waals surface area (Å²) < 4.78 is 10.3. The predicted molar refractivity (Wildman–Crippen MR) is 61.3 cm³/mol. The van der Waals surface area contributed by atoms with Gasteiger partial charge in [0.05, 0.1) is 13.7 Å². The van der Waals surface area contributed by atoms with Crippen molar-refractivity contribution in [3.8, 4) is 17.0 Å². The molecule has 0 saturated heterocycles. The Hall–Kier alpha value is -1.81. The molecule has 0 spiro atoms. The average molecular weight is 218 g/mol. The molecule has 1 heterocycles. The van der Waals surface area contributed by atoms with Gasteiger partial charge in [0.15, 0.2) is 5.76 Å². The van der Waals surface area contributed by atoms with Crippen molar-refractivity contribution < 1.29 is 9.26 Å². The monoisotopic (exact) mass is 218 g/mol. The van der Waals surface area contributed by atoms with Gasteiger partial charge in [0, 0.05) is 11.6 Å². The van der Waals surface area contributed by atoms with Crippen molar-refractivity contribution in [2.24, 2.45) is 0 Å². The van der Waals surface area contributed by atoms with E-state index in [1.54, 1.807) is 7.11 Å². The minimum atomic E-state index is 0.684. The van der Waals surface area contributed by atoms with Crippen LogP contribution in [0.3, 0.4) is 0 Å². The fourth-order valence-corrected chi connectivity index (χ4v) is 1.47. The number of nitrogens with one attached hydrogen (secondary N) is 1. The van der Waals surface area contributed by atoms with Gasteiger partial charge in [0.25, 0.3) is 0 Å². The van der Waals surface area contributed by atoms with Crippen LogP contribution >= 0.6 is 0 Å². The molecule has 84 valence electrons. The van der Waals surface area contributed by atoms with Crippen LogP contribution in [0.1, 0.15) is 5.76 Å². The lowest BCUT2D eigenvalue weighted by atomic mass is 10.1. The zero-order valence-corrected chi connectivity index (χ0v) is 9.36. The zero-order chi connectivity index (χ0) is 11.4. The van der Waals surface area contributed by atoms with E-state index in [1.807, 2.05) is 37.4 Å². The van der Waals surface area contributed by atoms with Gasteiger partial charge in [-0.15, -0.1) is 0 Å². The Balaban J connectivity index is 2.21. The summed E-state index contributed by atoms with van der Waals surface area (Å²) in [6.07, 6.45) is 0. The molecule has 0 atom stereocenters. The summed E-state index contributed by atoms with van der Waals surface area (Å²) in [6.45, 7) is 0.684. The fourth-order valence-electron chi connectivity index (χ4n) is 1.47. The normalized spacial score (nSPS) is 10.4. The van der Waals surface area contributed by atoms with Crippen molar-refractivity contribution >= 4 is 0 Å². The fraction of sp³-hybridized carbons (Fsp3) is 0.250. The van der Waals surface area contributed by atoms with E-state index in [0.717, 1.165) is 22.8 Å². The first-order chi connectivity index (χ1) is 7.83. The van der Waals surface area contributed by atoms with Gasteiger partial charge in [-0.1, -0.05) is 5.16 Å². The van der Waals surface area contributed by atoms with E-state index >= 15 is 0 Å². The number of hydrogen-bond donors (Lipinski definition) is 1. The highest BCUT2D eigenvalue weighted by molar-refractivity contribution is 5.59. The third kappa shape index (κ3) is 2.23. The van der Waals surface area contributed by atoms with Crippen LogP contribution < -0.4 is 10.1 Å². The molecule has 1 aromatic carbocycles. The van der Waals surface area contributed by atoms with Crippen LogP contribution in [0.2, 0.25) is 0 Å². The largest absolute Gasteiger partial charge is 0.497 e. The van der Waals surface area contributed by atoms with E-state index in [-0.39, 0.29) is 0 Å². The van der Waals surface area contributed by atoms with Gasteiger partial charge in [-0.05, 0) is 31.3 Å². The molecule has 0 aliphatic rings. The minimum Gasteiger partial charge on any atom is -0.497 e. The van der Waals surface area contributed by atoms with Crippen LogP contribution in [-0.2, 0) is 6.54 Å². The second kappa shape index (κ2) is 4.81. The van der Waals surface area contributed by atoms with Crippen molar-refractivity contribution in [1.82, 2.24) is 10.5 Å². The Morgan fingerprint density at radius 1 is 1.31 bits per heavy atom. The van der Waals surface area contributed by atoms with Crippen molar-refractivity contribution in [2.75, 3.05) is 14.2 Å². The summed E-state index contributed by atoms with van der Waals surface area (Å²) in [5.74, 6) is 1.66. The summed E-state index contributed by atoms with van der Waals surface area (Å²) in [5.41, 5.74) is 1.86. The number of ether oxygens (including phenoxy) is 1. The van der Waals surface area contributed by atoms with E-state index in [2.05, 4.69) is 10.5 Å². The van der Waals surface area contributed by atoms with E-state index in [1.165, 1.54) is 0 Å². The molecule has 4 nitrogen and oxygen atoms in total. The molecule has 0 amide bonds. The standard InChI is InChI=1S/C12H14N2O2/c1-13-8-11-7-12(14-16-11)9-3-5-10(15-2)6-4-9/h3-7,13H,8H2,1-2H3. The number of methoxy groups -OCH3 is 1. The Morgan fingerprint density at radius 3 is 2.69 bits per heavy atom. The molecule has 1 aromatic heterocycles. The van der Waals surface area contributed by atoms with Crippen LogP contribution in [0.5, 0.6) is 5.75 Å². The molecule has 0 bridgehead atoms. The SMILES string of the molecule is CNCc1cc(-c2ccc(OC)cc2)no1. The van der Waals surface area contributed by atoms with Gasteiger partial charge in [0.1, 0.15) is 11.4 Å². The molecule has 2 aromatic rings. The molecule has 0 saturated carbocycles. The topological polar surface area (TPSA) is 47.3 Å². The molecular formula is C12H14N2O2. The summed E-state index contributed by atoms with van der Waals surface area (Å²) >= 11 is 0. The molecule has 1 N–H and O–H groups in total. The minimum absolute atomic E-state index is 0.684. The molecule has 4 heteroatoms. The number of rotatable bonds is 4. The number of nitrogens with zero attached hydrogens (tertiary/aromatic N) is 1. The predicted octanol–water partition coefficient (Wildman–Crippen LogP) is 2.07. The summed E-state index contributed by atoms with van der Waals surface area (Å²) in [6, 6.07) is 9.65. The molecule has 0 radical (unpaired) electrons. The Bertz CT molecular complexity index is 448. The lowest BCUT2D eigenvalue weighted by Gasteiger charge is -1.99. The highest BCUT2D eigenvalue weighted by Gasteiger charge is 2.05. The third-order valence-corrected chi connectivity index (χ3v) is 2.30. The Kier molecular flexibility index (Phi) is 3.22. The second-order valence-corrected chi connectivity index (χ2v) is 3.44. The molecular weight excluding hydrogens is 204 g/mol. The van der Waals surface area contributed by atoms with Crippen LogP contribution in [0.4, 0.5) is 0 Å². The van der Waals surface area contributed by atoms with Crippen LogP contribution in [0, 0.1) is 0 Å². The van der Waals surface area contributed by atoms with Gasteiger partial charge in [-0.2, -0.15) is 0 Å². The number of hydrogen-bond acceptors (Lipinski definition) is 4. The Morgan fingerprint density at radius 2 is 2.06 bits per heavy atom. The molecule has 0 unspecified atom stereocenters. The van der Waals surface area contributed by atoms with Crippen molar-refractivity contribution in [3.05, 3.63) is 36.1 Å². The molecule has 2 rings (SSSR count). The first kappa shape index (κ1) is 10.7. The lowest BCUT2D eigenvalue weighted by Crippen LogP contribution is -2.03. The van der Waals surface area contributed by atoms with E-state index in [0.29, 0.717) is 6.54 Å². The highest BCUT2D eigenvalue weighted by Crippen LogP contribution is 2.21. The quantitative estimate of drug-likeness (QED) is 0.853. The maximum absolute atomic E-state index is 5.17. The maximum Gasteiger partial charge on any atom is 0.151 e. The molecule has 0 fully saturated rings. The van der Waals surface area contributed by atoms with Crippen molar-refractivity contribution in [2.45, 2.75) is 6.54 Å². The molecule has 0 aliphatic heterocycles. The maximum atomic E-state index is 5.17. The first-order valence-corrected chi connectivity index (χ1v) is 5.08. The van der Waals surface area contributed by atoms with Crippen LogP contribution in [-0.4, -0.2) is 19.3 Å². The average Bonchev–Trinajstić information content (AvgIpc) is 2.78. The van der Waals surface area contributed by atoms with Crippen molar-refractivity contribution in [1.29, 1.82) is 0 Å². The number of aromatic nitrogens is 1. The first-order valence-electron chi connectivity index (χ1n) is 5.08. The van der Waals surface area contributed by atoms with Crippen LogP contribution in [0.25, 0.3) is 11.3 Å². The van der Waals surface area contributed by atoms with E-state index < -0.39 is 0 Å². The second-order valence-electron chi connectivity index (χ2n) is 3.44. The Labute approximate surface area is 94.2 Å². The van der Waals surface area contributed by atoms with Gasteiger partial charge >= 0.3 is 0 Å². The zero-order valence-electron chi connectivity index (χ0n) is 9.36. The van der Waals surface area contributed by atoms with Crippen molar-refractivity contribution in [3.63, 3.8) is 0 Å². The van der Waals surface area contributed by atoms with Crippen LogP contribution in [0.15, 0.2) is 34.9 Å². The van der Waals surface area contributed by atoms with Gasteiger partial charge in [-0.3, -0.25) is 0 Å². The third-order valence-electron chi connectivity index (χ3n) is 2.30. The smallest absolute Gasteiger partial charge is 0.151 e.